The van der Waals surface area contributed by atoms with E-state index in [1.807, 2.05) is 6.92 Å². The van der Waals surface area contributed by atoms with Crippen molar-refractivity contribution in [2.24, 2.45) is 0 Å². The lowest BCUT2D eigenvalue weighted by molar-refractivity contribution is 0.568. The van der Waals surface area contributed by atoms with E-state index < -0.39 is 0 Å². The second kappa shape index (κ2) is 4.83. The second-order valence-electron chi connectivity index (χ2n) is 3.39. The summed E-state index contributed by atoms with van der Waals surface area (Å²) in [6.07, 6.45) is 0. The normalized spacial score (nSPS) is 12.9. The highest BCUT2D eigenvalue weighted by Crippen LogP contribution is 2.17. The summed E-state index contributed by atoms with van der Waals surface area (Å²) in [6, 6.07) is 2.41. The van der Waals surface area contributed by atoms with E-state index in [0.29, 0.717) is 0 Å². The van der Waals surface area contributed by atoms with Crippen molar-refractivity contribution < 1.29 is 0 Å². The fourth-order valence-corrected chi connectivity index (χ4v) is 2.63. The van der Waals surface area contributed by atoms with Gasteiger partial charge in [0.05, 0.1) is 6.04 Å². The molecule has 0 aliphatic rings. The van der Waals surface area contributed by atoms with Crippen LogP contribution in [0.15, 0.2) is 16.8 Å². The van der Waals surface area contributed by atoms with Crippen molar-refractivity contribution >= 4 is 22.7 Å². The first-order valence-corrected chi connectivity index (χ1v) is 6.56. The number of aromatic nitrogens is 2. The molecule has 15 heavy (non-hydrogen) atoms. The van der Waals surface area contributed by atoms with Crippen molar-refractivity contribution in [2.75, 3.05) is 0 Å². The molecular formula is C10H13N3S2. The minimum Gasteiger partial charge on any atom is -0.304 e. The maximum absolute atomic E-state index is 4.12. The summed E-state index contributed by atoms with van der Waals surface area (Å²) in [4.78, 5) is 0. The number of aryl methyl sites for hydroxylation is 1. The van der Waals surface area contributed by atoms with Crippen LogP contribution in [-0.4, -0.2) is 10.2 Å². The maximum atomic E-state index is 4.12. The third-order valence-electron chi connectivity index (χ3n) is 2.10. The van der Waals surface area contributed by atoms with E-state index in [2.05, 4.69) is 39.3 Å². The van der Waals surface area contributed by atoms with Crippen molar-refractivity contribution in [1.29, 1.82) is 0 Å². The largest absolute Gasteiger partial charge is 0.304 e. The Bertz CT molecular complexity index is 408. The topological polar surface area (TPSA) is 37.8 Å². The number of hydrogen-bond donors (Lipinski definition) is 1. The van der Waals surface area contributed by atoms with Gasteiger partial charge in [-0.15, -0.1) is 21.5 Å². The quantitative estimate of drug-likeness (QED) is 0.891. The van der Waals surface area contributed by atoms with E-state index in [4.69, 9.17) is 0 Å². The zero-order chi connectivity index (χ0) is 10.7. The molecule has 2 aromatic heterocycles. The third kappa shape index (κ3) is 2.84. The Hall–Kier alpha value is -0.780. The molecule has 0 spiro atoms. The van der Waals surface area contributed by atoms with Gasteiger partial charge in [0, 0.05) is 6.54 Å². The second-order valence-corrected chi connectivity index (χ2v) is 5.39. The third-order valence-corrected chi connectivity index (χ3v) is 3.86. The number of nitrogens with one attached hydrogen (secondary N) is 1. The SMILES string of the molecule is Cc1nnc(C(C)NCc2ccsc2)s1. The molecule has 5 heteroatoms. The molecular weight excluding hydrogens is 226 g/mol. The average molecular weight is 239 g/mol. The lowest BCUT2D eigenvalue weighted by atomic mass is 10.3. The van der Waals surface area contributed by atoms with E-state index in [-0.39, 0.29) is 6.04 Å². The van der Waals surface area contributed by atoms with E-state index >= 15 is 0 Å². The standard InChI is InChI=1S/C10H13N3S2/c1-7(10-13-12-8(2)15-10)11-5-9-3-4-14-6-9/h3-4,6-7,11H,5H2,1-2H3. The predicted molar refractivity (Wildman–Crippen MR) is 64.2 cm³/mol. The van der Waals surface area contributed by atoms with Crippen LogP contribution in [-0.2, 0) is 6.54 Å². The van der Waals surface area contributed by atoms with Gasteiger partial charge in [0.15, 0.2) is 0 Å². The monoisotopic (exact) mass is 239 g/mol. The molecule has 3 nitrogen and oxygen atoms in total. The van der Waals surface area contributed by atoms with Crippen molar-refractivity contribution in [1.82, 2.24) is 15.5 Å². The first kappa shape index (κ1) is 10.7. The summed E-state index contributed by atoms with van der Waals surface area (Å²) in [7, 11) is 0. The number of nitrogens with zero attached hydrogens (tertiary/aromatic N) is 2. The molecule has 1 unspecified atom stereocenters. The molecule has 0 aliphatic carbocycles. The predicted octanol–water partition coefficient (Wildman–Crippen LogP) is 2.76. The molecule has 0 amide bonds. The van der Waals surface area contributed by atoms with Gasteiger partial charge in [-0.1, -0.05) is 0 Å². The number of rotatable bonds is 4. The molecule has 80 valence electrons. The van der Waals surface area contributed by atoms with Crippen molar-refractivity contribution in [3.05, 3.63) is 32.4 Å². The average Bonchev–Trinajstić information content (AvgIpc) is 2.84. The van der Waals surface area contributed by atoms with E-state index in [0.717, 1.165) is 16.6 Å². The van der Waals surface area contributed by atoms with Gasteiger partial charge in [0.2, 0.25) is 0 Å². The minimum atomic E-state index is 0.274. The molecule has 2 rings (SSSR count). The van der Waals surface area contributed by atoms with Gasteiger partial charge >= 0.3 is 0 Å². The van der Waals surface area contributed by atoms with Crippen LogP contribution in [0.1, 0.15) is 28.5 Å². The van der Waals surface area contributed by atoms with E-state index in [1.165, 1.54) is 5.56 Å². The van der Waals surface area contributed by atoms with Gasteiger partial charge in [0.1, 0.15) is 10.0 Å². The summed E-state index contributed by atoms with van der Waals surface area (Å²) >= 11 is 3.38. The smallest absolute Gasteiger partial charge is 0.134 e. The summed E-state index contributed by atoms with van der Waals surface area (Å²) in [5.74, 6) is 0. The fourth-order valence-electron chi connectivity index (χ4n) is 1.24. The summed E-state index contributed by atoms with van der Waals surface area (Å²) in [5.41, 5.74) is 1.33. The lowest BCUT2D eigenvalue weighted by Crippen LogP contribution is -2.17. The molecule has 0 fully saturated rings. The van der Waals surface area contributed by atoms with Crippen LogP contribution >= 0.6 is 22.7 Å². The van der Waals surface area contributed by atoms with Crippen LogP contribution < -0.4 is 5.32 Å². The Kier molecular flexibility index (Phi) is 3.45. The first-order chi connectivity index (χ1) is 7.25. The Labute approximate surface area is 97.2 Å². The molecule has 1 atom stereocenters. The van der Waals surface area contributed by atoms with Crippen LogP contribution in [0.2, 0.25) is 0 Å². The van der Waals surface area contributed by atoms with Crippen LogP contribution in [0.25, 0.3) is 0 Å². The van der Waals surface area contributed by atoms with Crippen LogP contribution in [0.4, 0.5) is 0 Å². The molecule has 2 aromatic rings. The first-order valence-electron chi connectivity index (χ1n) is 4.80. The van der Waals surface area contributed by atoms with Gasteiger partial charge in [-0.25, -0.2) is 0 Å². The van der Waals surface area contributed by atoms with Crippen LogP contribution in [0, 0.1) is 6.92 Å². The molecule has 0 bridgehead atoms. The maximum Gasteiger partial charge on any atom is 0.134 e. The van der Waals surface area contributed by atoms with E-state index in [9.17, 15) is 0 Å². The Morgan fingerprint density at radius 3 is 2.93 bits per heavy atom. The fraction of sp³-hybridized carbons (Fsp3) is 0.400. The van der Waals surface area contributed by atoms with Gasteiger partial charge in [-0.05, 0) is 36.2 Å². The Morgan fingerprint density at radius 2 is 2.33 bits per heavy atom. The molecule has 0 radical (unpaired) electrons. The zero-order valence-corrected chi connectivity index (χ0v) is 10.4. The molecule has 0 saturated heterocycles. The van der Waals surface area contributed by atoms with Gasteiger partial charge in [-0.2, -0.15) is 11.3 Å². The molecule has 0 aliphatic heterocycles. The Morgan fingerprint density at radius 1 is 1.47 bits per heavy atom. The van der Waals surface area contributed by atoms with Crippen molar-refractivity contribution in [3.63, 3.8) is 0 Å². The van der Waals surface area contributed by atoms with Crippen molar-refractivity contribution in [2.45, 2.75) is 26.4 Å². The summed E-state index contributed by atoms with van der Waals surface area (Å²) in [5, 5.41) is 17.9. The van der Waals surface area contributed by atoms with Gasteiger partial charge in [0.25, 0.3) is 0 Å². The van der Waals surface area contributed by atoms with Gasteiger partial charge < -0.3 is 5.32 Å². The molecule has 0 aromatic carbocycles. The molecule has 2 heterocycles. The molecule has 1 N–H and O–H groups in total. The lowest BCUT2D eigenvalue weighted by Gasteiger charge is -2.08. The number of thiophene rings is 1. The zero-order valence-electron chi connectivity index (χ0n) is 8.73. The summed E-state index contributed by atoms with van der Waals surface area (Å²) < 4.78 is 0. The van der Waals surface area contributed by atoms with Crippen LogP contribution in [0.5, 0.6) is 0 Å². The highest BCUT2D eigenvalue weighted by atomic mass is 32.1. The summed E-state index contributed by atoms with van der Waals surface area (Å²) in [6.45, 7) is 4.99. The van der Waals surface area contributed by atoms with E-state index in [1.54, 1.807) is 22.7 Å². The molecule has 0 saturated carbocycles. The highest BCUT2D eigenvalue weighted by molar-refractivity contribution is 7.11. The number of hydrogen-bond acceptors (Lipinski definition) is 5. The van der Waals surface area contributed by atoms with Crippen LogP contribution in [0.3, 0.4) is 0 Å². The van der Waals surface area contributed by atoms with Crippen molar-refractivity contribution in [3.8, 4) is 0 Å². The highest BCUT2D eigenvalue weighted by Gasteiger charge is 2.09. The van der Waals surface area contributed by atoms with Gasteiger partial charge in [-0.3, -0.25) is 0 Å². The Balaban J connectivity index is 1.90. The minimum absolute atomic E-state index is 0.274.